The van der Waals surface area contributed by atoms with E-state index in [1.807, 2.05) is 43.4 Å². The Bertz CT molecular complexity index is 1180. The topological polar surface area (TPSA) is 103 Å². The lowest BCUT2D eigenvalue weighted by atomic mass is 10.1. The molecule has 0 aliphatic heterocycles. The van der Waals surface area contributed by atoms with Crippen LogP contribution in [0.2, 0.25) is 0 Å². The molecule has 0 saturated heterocycles. The summed E-state index contributed by atoms with van der Waals surface area (Å²) >= 11 is 0. The fraction of sp³-hybridized carbons (Fsp3) is 0.0909. The number of ether oxygens (including phenoxy) is 1. The van der Waals surface area contributed by atoms with Gasteiger partial charge in [0.15, 0.2) is 5.82 Å². The molecular weight excluding hydrogens is 364 g/mol. The second-order valence-electron chi connectivity index (χ2n) is 6.40. The molecule has 0 radical (unpaired) electrons. The minimum absolute atomic E-state index is 0.369. The second kappa shape index (κ2) is 7.92. The van der Waals surface area contributed by atoms with Crippen LogP contribution in [0.1, 0.15) is 11.1 Å². The Hall–Kier alpha value is -4.02. The van der Waals surface area contributed by atoms with Crippen molar-refractivity contribution in [3.63, 3.8) is 0 Å². The van der Waals surface area contributed by atoms with Crippen LogP contribution >= 0.6 is 0 Å². The van der Waals surface area contributed by atoms with E-state index in [0.717, 1.165) is 16.8 Å². The maximum Gasteiger partial charge on any atom is 0.218 e. The Balaban J connectivity index is 1.73. The number of aromatic nitrogens is 4. The van der Waals surface area contributed by atoms with Gasteiger partial charge in [0.05, 0.1) is 22.9 Å². The zero-order valence-electron chi connectivity index (χ0n) is 15.8. The van der Waals surface area contributed by atoms with Crippen molar-refractivity contribution < 1.29 is 4.74 Å². The largest absolute Gasteiger partial charge is 0.438 e. The lowest BCUT2D eigenvalue weighted by Crippen LogP contribution is -2.01. The summed E-state index contributed by atoms with van der Waals surface area (Å²) in [5.74, 6) is 1.51. The van der Waals surface area contributed by atoms with E-state index in [4.69, 9.17) is 10.5 Å². The minimum atomic E-state index is 0.369. The summed E-state index contributed by atoms with van der Waals surface area (Å²) in [6, 6.07) is 19.0. The number of nitriles is 1. The van der Waals surface area contributed by atoms with Gasteiger partial charge in [0.25, 0.3) is 0 Å². The van der Waals surface area contributed by atoms with E-state index in [1.165, 1.54) is 0 Å². The standard InChI is InChI=1S/C22H18N6O/c1-28-21(10-19(27-28)17-5-3-2-4-6-17)29-20-9-15(11-23)7-8-18(20)22-25-13-16(12-24)14-26-22/h2-10,13-14H,12,24H2,1H3. The molecule has 4 aromatic rings. The molecule has 0 unspecified atom stereocenters. The number of hydrogen-bond donors (Lipinski definition) is 1. The molecule has 2 aromatic heterocycles. The Morgan fingerprint density at radius 1 is 1.07 bits per heavy atom. The van der Waals surface area contributed by atoms with Gasteiger partial charge in [-0.05, 0) is 18.2 Å². The molecule has 29 heavy (non-hydrogen) atoms. The predicted molar refractivity (Wildman–Crippen MR) is 109 cm³/mol. The summed E-state index contributed by atoms with van der Waals surface area (Å²) in [5, 5.41) is 13.8. The van der Waals surface area contributed by atoms with E-state index >= 15 is 0 Å². The van der Waals surface area contributed by atoms with Gasteiger partial charge in [-0.1, -0.05) is 30.3 Å². The average Bonchev–Trinajstić information content (AvgIpc) is 3.14. The molecule has 7 heteroatoms. The molecule has 0 amide bonds. The summed E-state index contributed by atoms with van der Waals surface area (Å²) in [6.45, 7) is 0.369. The number of hydrogen-bond acceptors (Lipinski definition) is 6. The van der Waals surface area contributed by atoms with Crippen LogP contribution in [-0.2, 0) is 13.6 Å². The first kappa shape index (κ1) is 18.3. The molecule has 0 saturated carbocycles. The Labute approximate surface area is 168 Å². The number of rotatable bonds is 5. The summed E-state index contributed by atoms with van der Waals surface area (Å²) in [7, 11) is 1.81. The first-order valence-corrected chi connectivity index (χ1v) is 9.01. The van der Waals surface area contributed by atoms with Crippen molar-refractivity contribution in [1.82, 2.24) is 19.7 Å². The number of nitrogens with zero attached hydrogens (tertiary/aromatic N) is 5. The molecule has 4 rings (SSSR count). The van der Waals surface area contributed by atoms with E-state index in [9.17, 15) is 5.26 Å². The van der Waals surface area contributed by atoms with Crippen molar-refractivity contribution in [2.24, 2.45) is 12.8 Å². The molecule has 0 bridgehead atoms. The molecule has 7 nitrogen and oxygen atoms in total. The monoisotopic (exact) mass is 382 g/mol. The molecular formula is C22H18N6O. The maximum atomic E-state index is 9.30. The first-order valence-electron chi connectivity index (χ1n) is 9.01. The van der Waals surface area contributed by atoms with Gasteiger partial charge >= 0.3 is 0 Å². The normalized spacial score (nSPS) is 10.5. The summed E-state index contributed by atoms with van der Waals surface area (Å²) in [4.78, 5) is 8.75. The molecule has 142 valence electrons. The summed E-state index contributed by atoms with van der Waals surface area (Å²) in [6.07, 6.45) is 3.36. The van der Waals surface area contributed by atoms with Crippen molar-refractivity contribution in [1.29, 1.82) is 5.26 Å². The van der Waals surface area contributed by atoms with Crippen LogP contribution in [0.5, 0.6) is 11.6 Å². The van der Waals surface area contributed by atoms with Gasteiger partial charge in [-0.15, -0.1) is 0 Å². The van der Waals surface area contributed by atoms with Crippen molar-refractivity contribution >= 4 is 0 Å². The third-order valence-electron chi connectivity index (χ3n) is 4.41. The summed E-state index contributed by atoms with van der Waals surface area (Å²) < 4.78 is 7.80. The summed E-state index contributed by atoms with van der Waals surface area (Å²) in [5.41, 5.74) is 9.40. The third-order valence-corrected chi connectivity index (χ3v) is 4.41. The smallest absolute Gasteiger partial charge is 0.218 e. The lowest BCUT2D eigenvalue weighted by molar-refractivity contribution is 0.432. The van der Waals surface area contributed by atoms with Crippen LogP contribution in [0, 0.1) is 11.3 Å². The predicted octanol–water partition coefficient (Wildman–Crippen LogP) is 3.67. The van der Waals surface area contributed by atoms with Crippen LogP contribution in [-0.4, -0.2) is 19.7 Å². The first-order chi connectivity index (χ1) is 14.2. The molecule has 0 spiro atoms. The molecule has 0 atom stereocenters. The van der Waals surface area contributed by atoms with Gasteiger partial charge in [0.1, 0.15) is 5.75 Å². The molecule has 0 aliphatic carbocycles. The Morgan fingerprint density at radius 3 is 2.52 bits per heavy atom. The van der Waals surface area contributed by atoms with Gasteiger partial charge in [-0.25, -0.2) is 14.6 Å². The number of aryl methyl sites for hydroxylation is 1. The SMILES string of the molecule is Cn1nc(-c2ccccc2)cc1Oc1cc(C#N)ccc1-c1ncc(CN)cn1. The van der Waals surface area contributed by atoms with Crippen LogP contribution in [0.15, 0.2) is 67.0 Å². The fourth-order valence-corrected chi connectivity index (χ4v) is 2.87. The van der Waals surface area contributed by atoms with Crippen molar-refractivity contribution in [2.45, 2.75) is 6.54 Å². The van der Waals surface area contributed by atoms with Crippen molar-refractivity contribution in [3.8, 4) is 40.3 Å². The zero-order chi connectivity index (χ0) is 20.2. The van der Waals surface area contributed by atoms with Crippen LogP contribution in [0.25, 0.3) is 22.6 Å². The van der Waals surface area contributed by atoms with E-state index in [-0.39, 0.29) is 0 Å². The number of benzene rings is 2. The van der Waals surface area contributed by atoms with E-state index in [1.54, 1.807) is 35.3 Å². The zero-order valence-corrected chi connectivity index (χ0v) is 15.8. The highest BCUT2D eigenvalue weighted by atomic mass is 16.5. The molecule has 0 fully saturated rings. The minimum Gasteiger partial charge on any atom is -0.438 e. The van der Waals surface area contributed by atoms with Gasteiger partial charge < -0.3 is 10.5 Å². The molecule has 2 N–H and O–H groups in total. The third kappa shape index (κ3) is 3.83. The Kier molecular flexibility index (Phi) is 5.01. The van der Waals surface area contributed by atoms with Gasteiger partial charge in [0.2, 0.25) is 5.88 Å². The highest BCUT2D eigenvalue weighted by Gasteiger charge is 2.15. The second-order valence-corrected chi connectivity index (χ2v) is 6.40. The highest BCUT2D eigenvalue weighted by Crippen LogP contribution is 2.33. The maximum absolute atomic E-state index is 9.30. The van der Waals surface area contributed by atoms with Crippen molar-refractivity contribution in [2.75, 3.05) is 0 Å². The quantitative estimate of drug-likeness (QED) is 0.565. The van der Waals surface area contributed by atoms with Gasteiger partial charge in [0, 0.05) is 43.2 Å². The molecule has 0 aliphatic rings. The highest BCUT2D eigenvalue weighted by molar-refractivity contribution is 5.67. The lowest BCUT2D eigenvalue weighted by Gasteiger charge is -2.11. The van der Waals surface area contributed by atoms with E-state index in [0.29, 0.717) is 35.1 Å². The van der Waals surface area contributed by atoms with E-state index in [2.05, 4.69) is 21.1 Å². The van der Waals surface area contributed by atoms with Crippen LogP contribution in [0.3, 0.4) is 0 Å². The van der Waals surface area contributed by atoms with Crippen LogP contribution in [0.4, 0.5) is 0 Å². The van der Waals surface area contributed by atoms with Crippen LogP contribution < -0.4 is 10.5 Å². The van der Waals surface area contributed by atoms with Crippen molar-refractivity contribution in [3.05, 3.63) is 78.1 Å². The average molecular weight is 382 g/mol. The van der Waals surface area contributed by atoms with E-state index < -0.39 is 0 Å². The molecule has 2 aromatic carbocycles. The van der Waals surface area contributed by atoms with Gasteiger partial charge in [-0.3, -0.25) is 0 Å². The molecule has 2 heterocycles. The Morgan fingerprint density at radius 2 is 1.83 bits per heavy atom. The number of nitrogens with two attached hydrogens (primary N) is 1. The fourth-order valence-electron chi connectivity index (χ4n) is 2.87. The van der Waals surface area contributed by atoms with Gasteiger partial charge in [-0.2, -0.15) is 10.4 Å².